The number of hydrogen-bond acceptors (Lipinski definition) is 1. The van der Waals surface area contributed by atoms with Gasteiger partial charge in [0.25, 0.3) is 0 Å². The molecule has 1 aliphatic carbocycles. The quantitative estimate of drug-likeness (QED) is 0.320. The maximum absolute atomic E-state index is 6.34. The summed E-state index contributed by atoms with van der Waals surface area (Å²) in [5, 5.41) is 3.17. The second kappa shape index (κ2) is 5.87. The molecule has 1 heterocycles. The summed E-state index contributed by atoms with van der Waals surface area (Å²) < 4.78 is 6.34. The second-order valence-corrected chi connectivity index (χ2v) is 9.92. The molecule has 0 saturated carbocycles. The van der Waals surface area contributed by atoms with Gasteiger partial charge in [-0.2, -0.15) is 0 Å². The second-order valence-electron chi connectivity index (χ2n) is 9.48. The molecular formula is C26H25ClO. The third-order valence-corrected chi connectivity index (χ3v) is 6.87. The Kier molecular flexibility index (Phi) is 3.74. The fourth-order valence-electron chi connectivity index (χ4n) is 4.66. The predicted molar refractivity (Wildman–Crippen MR) is 119 cm³/mol. The fourth-order valence-corrected chi connectivity index (χ4v) is 4.78. The van der Waals surface area contributed by atoms with E-state index >= 15 is 0 Å². The third kappa shape index (κ3) is 2.68. The lowest BCUT2D eigenvalue weighted by Crippen LogP contribution is -2.33. The first-order valence-corrected chi connectivity index (χ1v) is 10.4. The van der Waals surface area contributed by atoms with Gasteiger partial charge in [-0.15, -0.1) is 0 Å². The molecule has 4 aromatic rings. The van der Waals surface area contributed by atoms with Crippen LogP contribution < -0.4 is 0 Å². The molecule has 0 bridgehead atoms. The first kappa shape index (κ1) is 17.8. The van der Waals surface area contributed by atoms with Crippen LogP contribution in [0.2, 0.25) is 5.02 Å². The molecule has 0 unspecified atom stereocenters. The SMILES string of the molecule is CC1(C)CCC(C)(C)c2cc3c(cc21)oc1cc(-c2ccc(Cl)cc2)ccc13. The Morgan fingerprint density at radius 1 is 0.679 bits per heavy atom. The number of benzene rings is 3. The zero-order valence-corrected chi connectivity index (χ0v) is 17.7. The van der Waals surface area contributed by atoms with Crippen LogP contribution in [0.25, 0.3) is 33.1 Å². The summed E-state index contributed by atoms with van der Waals surface area (Å²) in [6.07, 6.45) is 2.43. The molecule has 1 aromatic heterocycles. The van der Waals surface area contributed by atoms with E-state index in [1.165, 1.54) is 34.7 Å². The highest BCUT2D eigenvalue weighted by Gasteiger charge is 2.37. The van der Waals surface area contributed by atoms with Crippen molar-refractivity contribution in [3.8, 4) is 11.1 Å². The highest BCUT2D eigenvalue weighted by Crippen LogP contribution is 2.48. The van der Waals surface area contributed by atoms with Crippen LogP contribution in [0.1, 0.15) is 51.7 Å². The molecule has 28 heavy (non-hydrogen) atoms. The molecule has 3 aromatic carbocycles. The third-order valence-electron chi connectivity index (χ3n) is 6.62. The Morgan fingerprint density at radius 2 is 1.25 bits per heavy atom. The van der Waals surface area contributed by atoms with Crippen LogP contribution in [0.4, 0.5) is 0 Å². The standard InChI is InChI=1S/C26H25ClO/c1-25(2)11-12-26(3,4)22-15-24-20(14-21(22)25)19-10-7-17(13-23(19)28-24)16-5-8-18(27)9-6-16/h5-10,13-15H,11-12H2,1-4H3. The van der Waals surface area contributed by atoms with Gasteiger partial charge in [-0.05, 0) is 82.3 Å². The smallest absolute Gasteiger partial charge is 0.136 e. The maximum Gasteiger partial charge on any atom is 0.136 e. The molecule has 0 N–H and O–H groups in total. The topological polar surface area (TPSA) is 13.1 Å². The molecule has 0 radical (unpaired) electrons. The summed E-state index contributed by atoms with van der Waals surface area (Å²) in [6.45, 7) is 9.45. The molecule has 2 heteroatoms. The van der Waals surface area contributed by atoms with E-state index in [1.807, 2.05) is 12.1 Å². The average molecular weight is 389 g/mol. The van der Waals surface area contributed by atoms with Gasteiger partial charge in [0.05, 0.1) is 0 Å². The first-order valence-electron chi connectivity index (χ1n) is 10.0. The molecule has 0 aliphatic heterocycles. The van der Waals surface area contributed by atoms with Gasteiger partial charge < -0.3 is 4.42 Å². The summed E-state index contributed by atoms with van der Waals surface area (Å²) in [6, 6.07) is 19.2. The highest BCUT2D eigenvalue weighted by molar-refractivity contribution is 6.30. The number of hydrogen-bond donors (Lipinski definition) is 0. The van der Waals surface area contributed by atoms with Crippen molar-refractivity contribution in [2.24, 2.45) is 0 Å². The summed E-state index contributed by atoms with van der Waals surface area (Å²) in [5.41, 5.74) is 7.53. The van der Waals surface area contributed by atoms with Gasteiger partial charge in [0.2, 0.25) is 0 Å². The summed E-state index contributed by atoms with van der Waals surface area (Å²) in [5.74, 6) is 0. The summed E-state index contributed by atoms with van der Waals surface area (Å²) in [7, 11) is 0. The molecule has 0 amide bonds. The van der Waals surface area contributed by atoms with E-state index in [0.29, 0.717) is 0 Å². The minimum atomic E-state index is 0.187. The van der Waals surface area contributed by atoms with Crippen molar-refractivity contribution in [2.75, 3.05) is 0 Å². The van der Waals surface area contributed by atoms with Crippen molar-refractivity contribution in [3.05, 3.63) is 70.7 Å². The Morgan fingerprint density at radius 3 is 1.93 bits per heavy atom. The fraction of sp³-hybridized carbons (Fsp3) is 0.308. The number of furan rings is 1. The van der Waals surface area contributed by atoms with E-state index in [1.54, 1.807) is 0 Å². The Balaban J connectivity index is 1.73. The maximum atomic E-state index is 6.34. The van der Waals surface area contributed by atoms with Crippen LogP contribution in [0, 0.1) is 0 Å². The molecule has 1 nitrogen and oxygen atoms in total. The zero-order chi connectivity index (χ0) is 19.7. The predicted octanol–water partition coefficient (Wildman–Crippen LogP) is 8.26. The van der Waals surface area contributed by atoms with E-state index in [-0.39, 0.29) is 10.8 Å². The molecule has 0 spiro atoms. The monoisotopic (exact) mass is 388 g/mol. The first-order chi connectivity index (χ1) is 13.2. The van der Waals surface area contributed by atoms with Crippen molar-refractivity contribution in [1.29, 1.82) is 0 Å². The van der Waals surface area contributed by atoms with Gasteiger partial charge >= 0.3 is 0 Å². The van der Waals surface area contributed by atoms with Gasteiger partial charge in [0, 0.05) is 15.8 Å². The largest absolute Gasteiger partial charge is 0.456 e. The van der Waals surface area contributed by atoms with Gasteiger partial charge in [-0.3, -0.25) is 0 Å². The van der Waals surface area contributed by atoms with Gasteiger partial charge in [0.15, 0.2) is 0 Å². The van der Waals surface area contributed by atoms with Crippen molar-refractivity contribution < 1.29 is 4.42 Å². The lowest BCUT2D eigenvalue weighted by molar-refractivity contribution is 0.332. The average Bonchev–Trinajstić information content (AvgIpc) is 3.02. The summed E-state index contributed by atoms with van der Waals surface area (Å²) >= 11 is 6.04. The number of rotatable bonds is 1. The molecule has 0 saturated heterocycles. The minimum Gasteiger partial charge on any atom is -0.456 e. The Bertz CT molecular complexity index is 1210. The molecule has 0 atom stereocenters. The van der Waals surface area contributed by atoms with E-state index in [2.05, 4.69) is 70.2 Å². The lowest BCUT2D eigenvalue weighted by atomic mass is 9.63. The zero-order valence-electron chi connectivity index (χ0n) is 16.9. The highest BCUT2D eigenvalue weighted by atomic mass is 35.5. The van der Waals surface area contributed by atoms with Crippen LogP contribution in [0.15, 0.2) is 59.0 Å². The Labute approximate surface area is 171 Å². The van der Waals surface area contributed by atoms with Crippen LogP contribution in [-0.2, 0) is 10.8 Å². The van der Waals surface area contributed by atoms with Crippen molar-refractivity contribution in [1.82, 2.24) is 0 Å². The van der Waals surface area contributed by atoms with Gasteiger partial charge in [-0.1, -0.05) is 57.5 Å². The molecular weight excluding hydrogens is 364 g/mol. The van der Waals surface area contributed by atoms with Crippen LogP contribution in [0.3, 0.4) is 0 Å². The lowest BCUT2D eigenvalue weighted by Gasteiger charge is -2.41. The van der Waals surface area contributed by atoms with Crippen LogP contribution >= 0.6 is 11.6 Å². The molecule has 0 fully saturated rings. The van der Waals surface area contributed by atoms with E-state index in [0.717, 1.165) is 27.3 Å². The normalized spacial score (nSPS) is 17.8. The van der Waals surface area contributed by atoms with Crippen molar-refractivity contribution >= 4 is 33.5 Å². The minimum absolute atomic E-state index is 0.187. The number of fused-ring (bicyclic) bond motifs is 4. The van der Waals surface area contributed by atoms with Gasteiger partial charge in [0.1, 0.15) is 11.2 Å². The Hall–Kier alpha value is -2.25. The van der Waals surface area contributed by atoms with Gasteiger partial charge in [-0.25, -0.2) is 0 Å². The molecule has 5 rings (SSSR count). The van der Waals surface area contributed by atoms with E-state index < -0.39 is 0 Å². The van der Waals surface area contributed by atoms with Crippen molar-refractivity contribution in [2.45, 2.75) is 51.4 Å². The van der Waals surface area contributed by atoms with E-state index in [9.17, 15) is 0 Å². The van der Waals surface area contributed by atoms with E-state index in [4.69, 9.17) is 16.0 Å². The van der Waals surface area contributed by atoms with Crippen LogP contribution in [0.5, 0.6) is 0 Å². The number of halogens is 1. The van der Waals surface area contributed by atoms with Crippen LogP contribution in [-0.4, -0.2) is 0 Å². The van der Waals surface area contributed by atoms with Crippen molar-refractivity contribution in [3.63, 3.8) is 0 Å². The molecule has 1 aliphatic rings. The molecule has 142 valence electrons. The summed E-state index contributed by atoms with van der Waals surface area (Å²) in [4.78, 5) is 0.